The number of hydrogen-bond acceptors (Lipinski definition) is 2. The molecule has 1 aliphatic rings. The van der Waals surface area contributed by atoms with Crippen LogP contribution in [0.3, 0.4) is 0 Å². The summed E-state index contributed by atoms with van der Waals surface area (Å²) in [5.41, 5.74) is 0.901. The minimum absolute atomic E-state index is 0.0491. The second-order valence-corrected chi connectivity index (χ2v) is 6.53. The molecule has 0 bridgehead atoms. The van der Waals surface area contributed by atoms with E-state index in [4.69, 9.17) is 11.6 Å². The summed E-state index contributed by atoms with van der Waals surface area (Å²) in [7, 11) is 0. The Morgan fingerprint density at radius 2 is 1.91 bits per heavy atom. The smallest absolute Gasteiger partial charge is 0.222 e. The summed E-state index contributed by atoms with van der Waals surface area (Å²) in [6, 6.07) is 7.77. The number of rotatable bonds is 6. The number of carbonyl (C=O) groups is 2. The van der Waals surface area contributed by atoms with Crippen LogP contribution in [0.15, 0.2) is 24.3 Å². The molecule has 0 aliphatic heterocycles. The molecule has 0 unspecified atom stereocenters. The lowest BCUT2D eigenvalue weighted by Gasteiger charge is -2.33. The molecule has 2 rings (SSSR count). The second-order valence-electron chi connectivity index (χ2n) is 6.12. The third kappa shape index (κ3) is 5.54. The third-order valence-electron chi connectivity index (χ3n) is 4.43. The molecule has 1 saturated carbocycles. The highest BCUT2D eigenvalue weighted by Crippen LogP contribution is 2.23. The van der Waals surface area contributed by atoms with Crippen LogP contribution in [0.4, 0.5) is 0 Å². The fraction of sp³-hybridized carbons (Fsp3) is 0.556. The highest BCUT2D eigenvalue weighted by molar-refractivity contribution is 6.31. The van der Waals surface area contributed by atoms with Gasteiger partial charge in [-0.25, -0.2) is 0 Å². The van der Waals surface area contributed by atoms with Crippen LogP contribution >= 0.6 is 11.6 Å². The van der Waals surface area contributed by atoms with Gasteiger partial charge in [-0.1, -0.05) is 49.1 Å². The average Bonchev–Trinajstić information content (AvgIpc) is 2.55. The highest BCUT2D eigenvalue weighted by atomic mass is 35.5. The van der Waals surface area contributed by atoms with Gasteiger partial charge in [-0.2, -0.15) is 0 Å². The van der Waals surface area contributed by atoms with Crippen molar-refractivity contribution >= 4 is 23.4 Å². The molecule has 0 aromatic heterocycles. The van der Waals surface area contributed by atoms with Gasteiger partial charge in [0.05, 0.1) is 0 Å². The van der Waals surface area contributed by atoms with Gasteiger partial charge >= 0.3 is 0 Å². The van der Waals surface area contributed by atoms with E-state index in [9.17, 15) is 9.59 Å². The van der Waals surface area contributed by atoms with Crippen LogP contribution < -0.4 is 5.32 Å². The van der Waals surface area contributed by atoms with Gasteiger partial charge in [-0.3, -0.25) is 9.59 Å². The van der Waals surface area contributed by atoms with Gasteiger partial charge in [0.15, 0.2) is 0 Å². The lowest BCUT2D eigenvalue weighted by Crippen LogP contribution is -2.42. The molecule has 23 heavy (non-hydrogen) atoms. The third-order valence-corrected chi connectivity index (χ3v) is 4.80. The van der Waals surface area contributed by atoms with Gasteiger partial charge in [0.25, 0.3) is 0 Å². The van der Waals surface area contributed by atoms with E-state index >= 15 is 0 Å². The molecule has 4 nitrogen and oxygen atoms in total. The van der Waals surface area contributed by atoms with Crippen molar-refractivity contribution in [2.75, 3.05) is 6.54 Å². The molecule has 1 aromatic rings. The average molecular weight is 337 g/mol. The van der Waals surface area contributed by atoms with E-state index in [-0.39, 0.29) is 11.8 Å². The number of nitrogens with zero attached hydrogens (tertiary/aromatic N) is 1. The van der Waals surface area contributed by atoms with E-state index in [0.717, 1.165) is 18.4 Å². The van der Waals surface area contributed by atoms with Crippen molar-refractivity contribution in [2.45, 2.75) is 58.0 Å². The largest absolute Gasteiger partial charge is 0.352 e. The Labute approximate surface area is 143 Å². The fourth-order valence-electron chi connectivity index (χ4n) is 3.14. The summed E-state index contributed by atoms with van der Waals surface area (Å²) in [4.78, 5) is 25.8. The minimum atomic E-state index is -0.0491. The number of halogens is 1. The summed E-state index contributed by atoms with van der Waals surface area (Å²) in [6.45, 7) is 2.51. The van der Waals surface area contributed by atoms with Crippen LogP contribution in [0.25, 0.3) is 0 Å². The summed E-state index contributed by atoms with van der Waals surface area (Å²) in [6.07, 6.45) is 6.04. The van der Waals surface area contributed by atoms with Crippen LogP contribution in [0.1, 0.15) is 51.0 Å². The van der Waals surface area contributed by atoms with Gasteiger partial charge in [0, 0.05) is 37.5 Å². The van der Waals surface area contributed by atoms with Crippen LogP contribution in [0.2, 0.25) is 5.02 Å². The maximum absolute atomic E-state index is 12.0. The van der Waals surface area contributed by atoms with Crippen LogP contribution in [0.5, 0.6) is 0 Å². The molecule has 5 heteroatoms. The van der Waals surface area contributed by atoms with Gasteiger partial charge in [0.1, 0.15) is 0 Å². The second kappa shape index (κ2) is 8.92. The quantitative estimate of drug-likeness (QED) is 0.864. The molecule has 0 heterocycles. The lowest BCUT2D eigenvalue weighted by molar-refractivity contribution is -0.132. The summed E-state index contributed by atoms with van der Waals surface area (Å²) in [5, 5.41) is 3.53. The molecule has 0 atom stereocenters. The van der Waals surface area contributed by atoms with Gasteiger partial charge in [-0.15, -0.1) is 0 Å². The number of hydrogen-bond donors (Lipinski definition) is 1. The van der Waals surface area contributed by atoms with Crippen molar-refractivity contribution in [3.63, 3.8) is 0 Å². The predicted octanol–water partition coefficient (Wildman–Crippen LogP) is 3.53. The fourth-order valence-corrected chi connectivity index (χ4v) is 3.34. The van der Waals surface area contributed by atoms with Gasteiger partial charge < -0.3 is 10.2 Å². The zero-order valence-electron chi connectivity index (χ0n) is 13.7. The Kier molecular flexibility index (Phi) is 6.90. The van der Waals surface area contributed by atoms with Crippen LogP contribution in [-0.2, 0) is 16.1 Å². The first kappa shape index (κ1) is 17.8. The molecule has 0 radical (unpaired) electrons. The molecular formula is C18H25ClN2O2. The standard InChI is InChI=1S/C18H25ClN2O2/c1-14(22)21(16-8-3-2-4-9-16)12-11-18(23)20-13-15-7-5-6-10-17(15)19/h5-7,10,16H,2-4,8-9,11-13H2,1H3,(H,20,23). The Bertz CT molecular complexity index is 542. The van der Waals surface area contributed by atoms with E-state index in [1.807, 2.05) is 29.2 Å². The number of benzene rings is 1. The van der Waals surface area contributed by atoms with E-state index in [1.54, 1.807) is 6.92 Å². The van der Waals surface area contributed by atoms with Gasteiger partial charge in [-0.05, 0) is 24.5 Å². The molecule has 2 amide bonds. The molecule has 1 aliphatic carbocycles. The number of amides is 2. The van der Waals surface area contributed by atoms with E-state index < -0.39 is 0 Å². The maximum atomic E-state index is 12.0. The number of carbonyl (C=O) groups excluding carboxylic acids is 2. The highest BCUT2D eigenvalue weighted by Gasteiger charge is 2.23. The topological polar surface area (TPSA) is 49.4 Å². The van der Waals surface area contributed by atoms with Crippen molar-refractivity contribution in [1.29, 1.82) is 0 Å². The molecule has 0 spiro atoms. The van der Waals surface area contributed by atoms with E-state index in [1.165, 1.54) is 19.3 Å². The van der Waals surface area contributed by atoms with Gasteiger partial charge in [0.2, 0.25) is 11.8 Å². The Balaban J connectivity index is 1.79. The molecule has 1 aromatic carbocycles. The van der Waals surface area contributed by atoms with E-state index in [0.29, 0.717) is 30.6 Å². The first-order valence-corrected chi connectivity index (χ1v) is 8.73. The van der Waals surface area contributed by atoms with Crippen LogP contribution in [-0.4, -0.2) is 29.3 Å². The predicted molar refractivity (Wildman–Crippen MR) is 92.2 cm³/mol. The van der Waals surface area contributed by atoms with Crippen LogP contribution in [0, 0.1) is 0 Å². The van der Waals surface area contributed by atoms with Crippen molar-refractivity contribution in [3.05, 3.63) is 34.9 Å². The molecule has 0 saturated heterocycles. The zero-order valence-corrected chi connectivity index (χ0v) is 14.4. The molecule has 1 N–H and O–H groups in total. The molecular weight excluding hydrogens is 312 g/mol. The Morgan fingerprint density at radius 3 is 2.57 bits per heavy atom. The first-order valence-electron chi connectivity index (χ1n) is 8.35. The lowest BCUT2D eigenvalue weighted by atomic mass is 9.94. The monoisotopic (exact) mass is 336 g/mol. The maximum Gasteiger partial charge on any atom is 0.222 e. The minimum Gasteiger partial charge on any atom is -0.352 e. The van der Waals surface area contributed by atoms with Crippen molar-refractivity contribution < 1.29 is 9.59 Å². The SMILES string of the molecule is CC(=O)N(CCC(=O)NCc1ccccc1Cl)C1CCCCC1. The summed E-state index contributed by atoms with van der Waals surface area (Å²) >= 11 is 6.07. The molecule has 126 valence electrons. The normalized spacial score (nSPS) is 15.2. The van der Waals surface area contributed by atoms with Crippen molar-refractivity contribution in [2.24, 2.45) is 0 Å². The zero-order chi connectivity index (χ0) is 16.7. The summed E-state index contributed by atoms with van der Waals surface area (Å²) < 4.78 is 0. The summed E-state index contributed by atoms with van der Waals surface area (Å²) in [5.74, 6) is 0.0165. The van der Waals surface area contributed by atoms with Crippen molar-refractivity contribution in [3.8, 4) is 0 Å². The molecule has 1 fully saturated rings. The Morgan fingerprint density at radius 1 is 1.22 bits per heavy atom. The van der Waals surface area contributed by atoms with E-state index in [2.05, 4.69) is 5.32 Å². The first-order chi connectivity index (χ1) is 11.1. The Hall–Kier alpha value is -1.55. The van der Waals surface area contributed by atoms with Crippen molar-refractivity contribution in [1.82, 2.24) is 10.2 Å². The number of nitrogens with one attached hydrogen (secondary N) is 1.